The topological polar surface area (TPSA) is 38.8 Å². The van der Waals surface area contributed by atoms with Gasteiger partial charge in [-0.1, -0.05) is 15.9 Å². The van der Waals surface area contributed by atoms with Gasteiger partial charge in [-0.2, -0.15) is 0 Å². The molecule has 0 aliphatic carbocycles. The first-order valence-corrected chi connectivity index (χ1v) is 8.21. The molecule has 2 aliphatic rings. The van der Waals surface area contributed by atoms with Crippen LogP contribution in [0.15, 0.2) is 16.6 Å². The zero-order valence-electron chi connectivity index (χ0n) is 12.2. The Morgan fingerprint density at radius 1 is 1.52 bits per heavy atom. The van der Waals surface area contributed by atoms with Crippen molar-refractivity contribution < 1.29 is 14.3 Å². The van der Waals surface area contributed by atoms with Crippen LogP contribution in [0.25, 0.3) is 0 Å². The highest BCUT2D eigenvalue weighted by Gasteiger charge is 2.27. The number of benzene rings is 1. The maximum absolute atomic E-state index is 11.7. The predicted molar refractivity (Wildman–Crippen MR) is 83.4 cm³/mol. The van der Waals surface area contributed by atoms with Crippen molar-refractivity contribution in [3.63, 3.8) is 0 Å². The Hall–Kier alpha value is -1.07. The predicted octanol–water partition coefficient (Wildman–Crippen LogP) is 2.77. The van der Waals surface area contributed by atoms with Crippen molar-refractivity contribution in [2.24, 2.45) is 5.92 Å². The molecule has 0 N–H and O–H groups in total. The molecule has 0 bridgehead atoms. The molecule has 1 aromatic rings. The van der Waals surface area contributed by atoms with Crippen LogP contribution >= 0.6 is 15.9 Å². The van der Waals surface area contributed by atoms with Crippen LogP contribution in [0.1, 0.15) is 24.0 Å². The highest BCUT2D eigenvalue weighted by Crippen LogP contribution is 2.34. The molecule has 0 spiro atoms. The molecule has 1 atom stereocenters. The second kappa shape index (κ2) is 6.36. The summed E-state index contributed by atoms with van der Waals surface area (Å²) in [5, 5.41) is 0. The smallest absolute Gasteiger partial charge is 0.309 e. The lowest BCUT2D eigenvalue weighted by atomic mass is 9.97. The summed E-state index contributed by atoms with van der Waals surface area (Å²) in [5.41, 5.74) is 2.49. The fourth-order valence-electron chi connectivity index (χ4n) is 3.26. The van der Waals surface area contributed by atoms with Crippen LogP contribution < -0.4 is 4.74 Å². The number of esters is 1. The van der Waals surface area contributed by atoms with Crippen molar-refractivity contribution in [2.75, 3.05) is 26.8 Å². The molecule has 2 heterocycles. The number of rotatable bonds is 3. The molecule has 114 valence electrons. The first-order valence-electron chi connectivity index (χ1n) is 7.41. The highest BCUT2D eigenvalue weighted by molar-refractivity contribution is 9.10. The van der Waals surface area contributed by atoms with Gasteiger partial charge in [-0.3, -0.25) is 9.69 Å². The van der Waals surface area contributed by atoms with Crippen LogP contribution in [-0.2, 0) is 22.5 Å². The second-order valence-electron chi connectivity index (χ2n) is 5.75. The van der Waals surface area contributed by atoms with Crippen molar-refractivity contribution in [3.05, 3.63) is 27.7 Å². The average Bonchev–Trinajstić information content (AvgIpc) is 2.95. The Labute approximate surface area is 133 Å². The zero-order chi connectivity index (χ0) is 14.8. The van der Waals surface area contributed by atoms with Gasteiger partial charge in [-0.05, 0) is 37.1 Å². The maximum atomic E-state index is 11.7. The molecule has 4 nitrogen and oxygen atoms in total. The number of ether oxygens (including phenoxy) is 2. The second-order valence-corrected chi connectivity index (χ2v) is 6.66. The number of piperidine rings is 1. The van der Waals surface area contributed by atoms with E-state index in [0.717, 1.165) is 55.7 Å². The maximum Gasteiger partial charge on any atom is 0.309 e. The van der Waals surface area contributed by atoms with Crippen LogP contribution in [0.3, 0.4) is 0 Å². The SMILES string of the molecule is COC(=O)C1CCCN(Cc2cc(Br)cc3c2OCC3)C1. The molecular formula is C16H20BrNO3. The summed E-state index contributed by atoms with van der Waals surface area (Å²) in [6.07, 6.45) is 2.94. The Bertz CT molecular complexity index is 547. The van der Waals surface area contributed by atoms with Crippen LogP contribution in [-0.4, -0.2) is 37.7 Å². The molecule has 0 radical (unpaired) electrons. The zero-order valence-corrected chi connectivity index (χ0v) is 13.8. The van der Waals surface area contributed by atoms with Gasteiger partial charge in [0.1, 0.15) is 5.75 Å². The van der Waals surface area contributed by atoms with Gasteiger partial charge in [0.15, 0.2) is 0 Å². The van der Waals surface area contributed by atoms with Gasteiger partial charge in [-0.25, -0.2) is 0 Å². The van der Waals surface area contributed by atoms with Crippen molar-refractivity contribution in [1.82, 2.24) is 4.90 Å². The van der Waals surface area contributed by atoms with E-state index in [1.807, 2.05) is 0 Å². The molecule has 1 saturated heterocycles. The molecule has 1 fully saturated rings. The normalized spacial score (nSPS) is 21.7. The van der Waals surface area contributed by atoms with Gasteiger partial charge in [0, 0.05) is 29.5 Å². The summed E-state index contributed by atoms with van der Waals surface area (Å²) < 4.78 is 11.8. The third kappa shape index (κ3) is 3.24. The van der Waals surface area contributed by atoms with Crippen LogP contribution in [0, 0.1) is 5.92 Å². The molecule has 5 heteroatoms. The summed E-state index contributed by atoms with van der Waals surface area (Å²) in [4.78, 5) is 14.1. The lowest BCUT2D eigenvalue weighted by molar-refractivity contribution is -0.147. The number of halogens is 1. The van der Waals surface area contributed by atoms with Crippen molar-refractivity contribution in [1.29, 1.82) is 0 Å². The summed E-state index contributed by atoms with van der Waals surface area (Å²) in [7, 11) is 1.47. The number of nitrogens with zero attached hydrogens (tertiary/aromatic N) is 1. The summed E-state index contributed by atoms with van der Waals surface area (Å²) >= 11 is 3.58. The number of likely N-dealkylation sites (tertiary alicyclic amines) is 1. The molecule has 0 aromatic heterocycles. The minimum Gasteiger partial charge on any atom is -0.493 e. The monoisotopic (exact) mass is 353 g/mol. The molecule has 0 amide bonds. The summed E-state index contributed by atoms with van der Waals surface area (Å²) in [6.45, 7) is 3.39. The quantitative estimate of drug-likeness (QED) is 0.783. The summed E-state index contributed by atoms with van der Waals surface area (Å²) in [5.74, 6) is 0.957. The minimum atomic E-state index is -0.0876. The molecule has 3 rings (SSSR count). The summed E-state index contributed by atoms with van der Waals surface area (Å²) in [6, 6.07) is 4.27. The van der Waals surface area contributed by atoms with E-state index in [1.54, 1.807) is 0 Å². The van der Waals surface area contributed by atoms with Gasteiger partial charge in [0.2, 0.25) is 0 Å². The van der Waals surface area contributed by atoms with Crippen LogP contribution in [0.5, 0.6) is 5.75 Å². The highest BCUT2D eigenvalue weighted by atomic mass is 79.9. The van der Waals surface area contributed by atoms with Gasteiger partial charge in [-0.15, -0.1) is 0 Å². The van der Waals surface area contributed by atoms with Crippen molar-refractivity contribution >= 4 is 21.9 Å². The number of methoxy groups -OCH3 is 1. The molecule has 0 saturated carbocycles. The van der Waals surface area contributed by atoms with Crippen LogP contribution in [0.2, 0.25) is 0 Å². The molecule has 21 heavy (non-hydrogen) atoms. The van der Waals surface area contributed by atoms with Gasteiger partial charge < -0.3 is 9.47 Å². The molecular weight excluding hydrogens is 334 g/mol. The fraction of sp³-hybridized carbons (Fsp3) is 0.562. The number of hydrogen-bond acceptors (Lipinski definition) is 4. The number of fused-ring (bicyclic) bond motifs is 1. The van der Waals surface area contributed by atoms with E-state index in [9.17, 15) is 4.79 Å². The largest absolute Gasteiger partial charge is 0.493 e. The van der Waals surface area contributed by atoms with Gasteiger partial charge in [0.25, 0.3) is 0 Å². The molecule has 1 unspecified atom stereocenters. The minimum absolute atomic E-state index is 0.00451. The number of carbonyl (C=O) groups is 1. The standard InChI is InChI=1S/C16H20BrNO3/c1-20-16(19)12-3-2-5-18(9-12)10-13-8-14(17)7-11-4-6-21-15(11)13/h7-8,12H,2-6,9-10H2,1H3. The Morgan fingerprint density at radius 3 is 3.19 bits per heavy atom. The fourth-order valence-corrected chi connectivity index (χ4v) is 3.82. The Balaban J connectivity index is 1.73. The van der Waals surface area contributed by atoms with E-state index < -0.39 is 0 Å². The van der Waals surface area contributed by atoms with Crippen molar-refractivity contribution in [3.8, 4) is 5.75 Å². The van der Waals surface area contributed by atoms with E-state index in [4.69, 9.17) is 9.47 Å². The van der Waals surface area contributed by atoms with E-state index in [-0.39, 0.29) is 11.9 Å². The van der Waals surface area contributed by atoms with E-state index in [0.29, 0.717) is 0 Å². The van der Waals surface area contributed by atoms with Crippen molar-refractivity contribution in [2.45, 2.75) is 25.8 Å². The third-order valence-corrected chi connectivity index (χ3v) is 4.72. The van der Waals surface area contributed by atoms with E-state index in [1.165, 1.54) is 18.2 Å². The Morgan fingerprint density at radius 2 is 2.38 bits per heavy atom. The Kier molecular flexibility index (Phi) is 4.50. The average molecular weight is 354 g/mol. The first-order chi connectivity index (χ1) is 10.2. The van der Waals surface area contributed by atoms with E-state index in [2.05, 4.69) is 33.0 Å². The number of carbonyl (C=O) groups excluding carboxylic acids is 1. The van der Waals surface area contributed by atoms with Crippen LogP contribution in [0.4, 0.5) is 0 Å². The van der Waals surface area contributed by atoms with Gasteiger partial charge in [0.05, 0.1) is 19.6 Å². The number of hydrogen-bond donors (Lipinski definition) is 0. The van der Waals surface area contributed by atoms with Gasteiger partial charge >= 0.3 is 5.97 Å². The molecule has 1 aromatic carbocycles. The van der Waals surface area contributed by atoms with E-state index >= 15 is 0 Å². The molecule has 2 aliphatic heterocycles. The third-order valence-electron chi connectivity index (χ3n) is 4.26. The first kappa shape index (κ1) is 14.9. The lowest BCUT2D eigenvalue weighted by Gasteiger charge is -2.31. The lowest BCUT2D eigenvalue weighted by Crippen LogP contribution is -2.38.